The summed E-state index contributed by atoms with van der Waals surface area (Å²) >= 11 is 0. The fraction of sp³-hybridized carbons (Fsp3) is 0.0769. The third kappa shape index (κ3) is 3.10. The first-order valence-corrected chi connectivity index (χ1v) is 7.22. The molecule has 0 heterocycles. The zero-order valence-electron chi connectivity index (χ0n) is 10.8. The van der Waals surface area contributed by atoms with Gasteiger partial charge in [-0.15, -0.1) is 0 Å². The van der Waals surface area contributed by atoms with Gasteiger partial charge >= 0.3 is 0 Å². The zero-order valence-corrected chi connectivity index (χ0v) is 11.6. The van der Waals surface area contributed by atoms with Crippen molar-refractivity contribution in [2.75, 3.05) is 10.5 Å². The van der Waals surface area contributed by atoms with E-state index in [9.17, 15) is 21.6 Å². The van der Waals surface area contributed by atoms with Crippen LogP contribution in [0.5, 0.6) is 0 Å². The molecule has 3 N–H and O–H groups in total. The molecule has 0 spiro atoms. The van der Waals surface area contributed by atoms with E-state index in [-0.39, 0.29) is 11.4 Å². The summed E-state index contributed by atoms with van der Waals surface area (Å²) in [5.74, 6) is -3.60. The summed E-state index contributed by atoms with van der Waals surface area (Å²) < 4.78 is 66.2. The predicted octanol–water partition coefficient (Wildman–Crippen LogP) is 2.80. The van der Waals surface area contributed by atoms with E-state index in [1.807, 2.05) is 4.72 Å². The van der Waals surface area contributed by atoms with Crippen molar-refractivity contribution in [2.24, 2.45) is 0 Å². The highest BCUT2D eigenvalue weighted by molar-refractivity contribution is 7.92. The molecule has 0 radical (unpaired) electrons. The van der Waals surface area contributed by atoms with Gasteiger partial charge in [0.15, 0.2) is 11.6 Å². The molecular formula is C13H11F3N2O2S. The highest BCUT2D eigenvalue weighted by Gasteiger charge is 2.23. The molecule has 0 atom stereocenters. The molecule has 0 unspecified atom stereocenters. The summed E-state index contributed by atoms with van der Waals surface area (Å²) in [6.45, 7) is 1.54. The number of hydrogen-bond donors (Lipinski definition) is 2. The second-order valence-corrected chi connectivity index (χ2v) is 6.03. The van der Waals surface area contributed by atoms with Crippen molar-refractivity contribution in [3.8, 4) is 0 Å². The van der Waals surface area contributed by atoms with Crippen LogP contribution in [0.25, 0.3) is 0 Å². The molecule has 112 valence electrons. The topological polar surface area (TPSA) is 72.2 Å². The van der Waals surface area contributed by atoms with Crippen molar-refractivity contribution in [3.63, 3.8) is 0 Å². The van der Waals surface area contributed by atoms with Gasteiger partial charge in [0.25, 0.3) is 10.0 Å². The average molecular weight is 316 g/mol. The van der Waals surface area contributed by atoms with Gasteiger partial charge in [-0.2, -0.15) is 0 Å². The Hall–Kier alpha value is -2.22. The van der Waals surface area contributed by atoms with Gasteiger partial charge < -0.3 is 5.73 Å². The molecule has 0 aliphatic rings. The van der Waals surface area contributed by atoms with Crippen molar-refractivity contribution >= 4 is 21.4 Å². The molecule has 0 aromatic heterocycles. The molecular weight excluding hydrogens is 305 g/mol. The number of halogens is 3. The third-order valence-corrected chi connectivity index (χ3v) is 4.12. The van der Waals surface area contributed by atoms with E-state index < -0.39 is 32.4 Å². The number of benzene rings is 2. The number of anilines is 2. The van der Waals surface area contributed by atoms with Crippen LogP contribution in [0.1, 0.15) is 5.56 Å². The molecule has 0 aliphatic heterocycles. The fourth-order valence-corrected chi connectivity index (χ4v) is 2.93. The molecule has 2 aromatic carbocycles. The summed E-state index contributed by atoms with van der Waals surface area (Å²) in [6, 6.07) is 4.89. The summed E-state index contributed by atoms with van der Waals surface area (Å²) in [5, 5.41) is 0. The number of hydrogen-bond acceptors (Lipinski definition) is 3. The molecule has 0 saturated carbocycles. The minimum absolute atomic E-state index is 0.0720. The number of sulfonamides is 1. The van der Waals surface area contributed by atoms with E-state index in [1.165, 1.54) is 13.0 Å². The van der Waals surface area contributed by atoms with Crippen molar-refractivity contribution in [1.29, 1.82) is 0 Å². The molecule has 8 heteroatoms. The van der Waals surface area contributed by atoms with Crippen LogP contribution in [0.2, 0.25) is 0 Å². The standard InChI is InChI=1S/C13H11F3N2O2S/c1-7-2-3-8(14)4-11(7)18-21(19,20)12-6-9(17)5-10(15)13(12)16/h2-6,18H,17H2,1H3. The smallest absolute Gasteiger partial charge is 0.265 e. The monoisotopic (exact) mass is 316 g/mol. The summed E-state index contributed by atoms with van der Waals surface area (Å²) in [6.07, 6.45) is 0. The minimum atomic E-state index is -4.44. The molecule has 0 saturated heterocycles. The minimum Gasteiger partial charge on any atom is -0.399 e. The van der Waals surface area contributed by atoms with Crippen LogP contribution < -0.4 is 10.5 Å². The Balaban J connectivity index is 2.51. The largest absolute Gasteiger partial charge is 0.399 e. The highest BCUT2D eigenvalue weighted by Crippen LogP contribution is 2.25. The number of aryl methyl sites for hydroxylation is 1. The summed E-state index contributed by atoms with van der Waals surface area (Å²) in [5.41, 5.74) is 5.42. The first-order valence-electron chi connectivity index (χ1n) is 5.74. The van der Waals surface area contributed by atoms with Crippen LogP contribution in [-0.4, -0.2) is 8.42 Å². The third-order valence-electron chi connectivity index (χ3n) is 2.75. The van der Waals surface area contributed by atoms with Gasteiger partial charge in [-0.1, -0.05) is 6.07 Å². The Morgan fingerprint density at radius 1 is 1.10 bits per heavy atom. The Labute approximate surface area is 119 Å². The average Bonchev–Trinajstić information content (AvgIpc) is 2.37. The Morgan fingerprint density at radius 3 is 2.43 bits per heavy atom. The molecule has 0 amide bonds. The van der Waals surface area contributed by atoms with E-state index in [4.69, 9.17) is 5.73 Å². The van der Waals surface area contributed by atoms with Crippen LogP contribution in [0.4, 0.5) is 24.5 Å². The van der Waals surface area contributed by atoms with Crippen LogP contribution in [0, 0.1) is 24.4 Å². The van der Waals surface area contributed by atoms with Crippen LogP contribution in [0.3, 0.4) is 0 Å². The van der Waals surface area contributed by atoms with Gasteiger partial charge in [-0.3, -0.25) is 4.72 Å². The molecule has 2 rings (SSSR count). The van der Waals surface area contributed by atoms with E-state index >= 15 is 0 Å². The second-order valence-electron chi connectivity index (χ2n) is 4.38. The van der Waals surface area contributed by atoms with Crippen molar-refractivity contribution in [3.05, 3.63) is 53.3 Å². The molecule has 21 heavy (non-hydrogen) atoms. The second kappa shape index (κ2) is 5.28. The Bertz CT molecular complexity index is 807. The van der Waals surface area contributed by atoms with E-state index in [0.717, 1.165) is 18.2 Å². The van der Waals surface area contributed by atoms with Gasteiger partial charge in [0, 0.05) is 5.69 Å². The molecule has 4 nitrogen and oxygen atoms in total. The van der Waals surface area contributed by atoms with Gasteiger partial charge in [0.05, 0.1) is 5.69 Å². The van der Waals surface area contributed by atoms with Gasteiger partial charge in [0.1, 0.15) is 10.7 Å². The first kappa shape index (κ1) is 15.2. The van der Waals surface area contributed by atoms with Gasteiger partial charge in [0.2, 0.25) is 0 Å². The fourth-order valence-electron chi connectivity index (χ4n) is 1.68. The lowest BCUT2D eigenvalue weighted by molar-refractivity contribution is 0.486. The van der Waals surface area contributed by atoms with Crippen molar-refractivity contribution < 1.29 is 21.6 Å². The maximum atomic E-state index is 13.6. The molecule has 2 aromatic rings. The van der Waals surface area contributed by atoms with E-state index in [1.54, 1.807) is 0 Å². The number of nitrogens with two attached hydrogens (primary N) is 1. The van der Waals surface area contributed by atoms with Crippen molar-refractivity contribution in [2.45, 2.75) is 11.8 Å². The molecule has 0 aliphatic carbocycles. The lowest BCUT2D eigenvalue weighted by Gasteiger charge is -2.12. The molecule has 0 bridgehead atoms. The maximum absolute atomic E-state index is 13.6. The number of nitrogens with one attached hydrogen (secondary N) is 1. The van der Waals surface area contributed by atoms with Gasteiger partial charge in [-0.05, 0) is 36.8 Å². The normalized spacial score (nSPS) is 11.4. The number of rotatable bonds is 3. The lowest BCUT2D eigenvalue weighted by atomic mass is 10.2. The Kier molecular flexibility index (Phi) is 3.82. The quantitative estimate of drug-likeness (QED) is 0.855. The highest BCUT2D eigenvalue weighted by atomic mass is 32.2. The Morgan fingerprint density at radius 2 is 1.76 bits per heavy atom. The van der Waals surface area contributed by atoms with E-state index in [0.29, 0.717) is 11.6 Å². The zero-order chi connectivity index (χ0) is 15.8. The predicted molar refractivity (Wildman–Crippen MR) is 72.7 cm³/mol. The number of nitrogen functional groups attached to an aromatic ring is 1. The molecule has 0 fully saturated rings. The van der Waals surface area contributed by atoms with Crippen molar-refractivity contribution in [1.82, 2.24) is 0 Å². The van der Waals surface area contributed by atoms with Gasteiger partial charge in [-0.25, -0.2) is 21.6 Å². The SMILES string of the molecule is Cc1ccc(F)cc1NS(=O)(=O)c1cc(N)cc(F)c1F. The first-order chi connectivity index (χ1) is 9.70. The maximum Gasteiger partial charge on any atom is 0.265 e. The van der Waals surface area contributed by atoms with Crippen LogP contribution in [-0.2, 0) is 10.0 Å². The summed E-state index contributed by atoms with van der Waals surface area (Å²) in [7, 11) is -4.44. The van der Waals surface area contributed by atoms with Crippen LogP contribution >= 0.6 is 0 Å². The lowest BCUT2D eigenvalue weighted by Crippen LogP contribution is -2.16. The van der Waals surface area contributed by atoms with Crippen LogP contribution in [0.15, 0.2) is 35.2 Å². The van der Waals surface area contributed by atoms with E-state index in [2.05, 4.69) is 0 Å². The summed E-state index contributed by atoms with van der Waals surface area (Å²) in [4.78, 5) is -0.941.